The van der Waals surface area contributed by atoms with E-state index in [9.17, 15) is 13.2 Å². The molecule has 0 atom stereocenters. The maximum atomic E-state index is 13.2. The van der Waals surface area contributed by atoms with Crippen LogP contribution < -0.4 is 4.90 Å². The Labute approximate surface area is 155 Å². The Kier molecular flexibility index (Phi) is 4.32. The van der Waals surface area contributed by atoms with Gasteiger partial charge < -0.3 is 9.88 Å². The standard InChI is InChI=1S/C20H21F3N4/c1-12-8-14(10-15(9-12)20(21,22)23)16-11-17-18(26-16)19(25-13(2)24-17)27-6-4-3-5-7-27/h8-11,26H,3-7H2,1-2H3. The SMILES string of the molecule is Cc1cc(-c2cc3nc(C)nc(N4CCCCC4)c3[nH]2)cc(C(F)(F)F)c1. The van der Waals surface area contributed by atoms with Crippen molar-refractivity contribution in [1.82, 2.24) is 15.0 Å². The van der Waals surface area contributed by atoms with Crippen molar-refractivity contribution >= 4 is 16.9 Å². The molecule has 0 amide bonds. The molecular weight excluding hydrogens is 353 g/mol. The average molecular weight is 374 g/mol. The van der Waals surface area contributed by atoms with Crippen LogP contribution in [0.4, 0.5) is 19.0 Å². The maximum Gasteiger partial charge on any atom is 0.416 e. The largest absolute Gasteiger partial charge is 0.416 e. The zero-order valence-electron chi connectivity index (χ0n) is 15.3. The smallest absolute Gasteiger partial charge is 0.355 e. The summed E-state index contributed by atoms with van der Waals surface area (Å²) in [5.41, 5.74) is 2.56. The van der Waals surface area contributed by atoms with Gasteiger partial charge in [-0.1, -0.05) is 0 Å². The number of alkyl halides is 3. The fraction of sp³-hybridized carbons (Fsp3) is 0.400. The third-order valence-electron chi connectivity index (χ3n) is 4.94. The van der Waals surface area contributed by atoms with Gasteiger partial charge in [-0.05, 0) is 68.5 Å². The Bertz CT molecular complexity index is 985. The van der Waals surface area contributed by atoms with Gasteiger partial charge in [-0.3, -0.25) is 0 Å². The monoisotopic (exact) mass is 374 g/mol. The Morgan fingerprint density at radius 1 is 0.963 bits per heavy atom. The van der Waals surface area contributed by atoms with Crippen molar-refractivity contribution in [2.45, 2.75) is 39.3 Å². The molecule has 4 rings (SSSR count). The Balaban J connectivity index is 1.84. The number of fused-ring (bicyclic) bond motifs is 1. The van der Waals surface area contributed by atoms with Crippen LogP contribution in [0.2, 0.25) is 0 Å². The number of hydrogen-bond acceptors (Lipinski definition) is 3. The van der Waals surface area contributed by atoms with Crippen LogP contribution >= 0.6 is 0 Å². The molecule has 0 unspecified atom stereocenters. The van der Waals surface area contributed by atoms with E-state index in [1.807, 2.05) is 13.0 Å². The molecule has 142 valence electrons. The molecule has 1 fully saturated rings. The molecule has 0 bridgehead atoms. The molecule has 0 spiro atoms. The topological polar surface area (TPSA) is 44.8 Å². The molecule has 1 aliphatic heterocycles. The van der Waals surface area contributed by atoms with Crippen molar-refractivity contribution in [1.29, 1.82) is 0 Å². The third-order valence-corrected chi connectivity index (χ3v) is 4.94. The first-order valence-corrected chi connectivity index (χ1v) is 9.13. The first-order chi connectivity index (χ1) is 12.8. The highest BCUT2D eigenvalue weighted by Crippen LogP contribution is 2.35. The van der Waals surface area contributed by atoms with Crippen LogP contribution in [0.3, 0.4) is 0 Å². The first kappa shape index (κ1) is 17.8. The van der Waals surface area contributed by atoms with Gasteiger partial charge >= 0.3 is 6.18 Å². The first-order valence-electron chi connectivity index (χ1n) is 9.13. The summed E-state index contributed by atoms with van der Waals surface area (Å²) in [6, 6.07) is 5.90. The summed E-state index contributed by atoms with van der Waals surface area (Å²) in [5.74, 6) is 1.50. The van der Waals surface area contributed by atoms with E-state index in [0.717, 1.165) is 48.8 Å². The number of halogens is 3. The lowest BCUT2D eigenvalue weighted by molar-refractivity contribution is -0.137. The van der Waals surface area contributed by atoms with Crippen LogP contribution in [-0.4, -0.2) is 28.0 Å². The highest BCUT2D eigenvalue weighted by Gasteiger charge is 2.31. The van der Waals surface area contributed by atoms with Crippen molar-refractivity contribution < 1.29 is 13.2 Å². The molecule has 1 N–H and O–H groups in total. The summed E-state index contributed by atoms with van der Waals surface area (Å²) in [6.45, 7) is 5.38. The van der Waals surface area contributed by atoms with Crippen LogP contribution in [0, 0.1) is 13.8 Å². The third kappa shape index (κ3) is 3.50. The Hall–Kier alpha value is -2.57. The van der Waals surface area contributed by atoms with Crippen LogP contribution in [-0.2, 0) is 6.18 Å². The van der Waals surface area contributed by atoms with Crippen molar-refractivity contribution in [3.05, 3.63) is 41.2 Å². The molecule has 1 aromatic carbocycles. The molecule has 7 heteroatoms. The second kappa shape index (κ2) is 6.55. The number of rotatable bonds is 2. The minimum absolute atomic E-state index is 0.502. The summed E-state index contributed by atoms with van der Waals surface area (Å²) < 4.78 is 39.6. The number of aromatic nitrogens is 3. The van der Waals surface area contributed by atoms with Crippen LogP contribution in [0.25, 0.3) is 22.3 Å². The van der Waals surface area contributed by atoms with Crippen molar-refractivity contribution in [3.63, 3.8) is 0 Å². The Morgan fingerprint density at radius 3 is 2.41 bits per heavy atom. The van der Waals surface area contributed by atoms with E-state index in [-0.39, 0.29) is 0 Å². The summed E-state index contributed by atoms with van der Waals surface area (Å²) in [7, 11) is 0. The van der Waals surface area contributed by atoms with Gasteiger partial charge in [-0.2, -0.15) is 13.2 Å². The second-order valence-electron chi connectivity index (χ2n) is 7.17. The maximum absolute atomic E-state index is 13.2. The summed E-state index contributed by atoms with van der Waals surface area (Å²) in [5, 5.41) is 0. The molecule has 1 aliphatic rings. The number of H-pyrrole nitrogens is 1. The van der Waals surface area contributed by atoms with E-state index in [1.54, 1.807) is 13.0 Å². The number of aromatic amines is 1. The van der Waals surface area contributed by atoms with Gasteiger partial charge in [0, 0.05) is 18.8 Å². The molecule has 4 nitrogen and oxygen atoms in total. The summed E-state index contributed by atoms with van der Waals surface area (Å²) in [4.78, 5) is 14.6. The number of aryl methyl sites for hydroxylation is 2. The minimum Gasteiger partial charge on any atom is -0.355 e. The van der Waals surface area contributed by atoms with Gasteiger partial charge in [0.15, 0.2) is 5.82 Å². The predicted octanol–water partition coefficient (Wildman–Crippen LogP) is 5.25. The molecule has 3 aromatic rings. The van der Waals surface area contributed by atoms with Crippen LogP contribution in [0.15, 0.2) is 24.3 Å². The normalized spacial score (nSPS) is 15.5. The van der Waals surface area contributed by atoms with E-state index in [2.05, 4.69) is 19.9 Å². The van der Waals surface area contributed by atoms with E-state index in [1.165, 1.54) is 12.5 Å². The molecule has 0 aliphatic carbocycles. The van der Waals surface area contributed by atoms with E-state index < -0.39 is 11.7 Å². The Morgan fingerprint density at radius 2 is 1.70 bits per heavy atom. The number of hydrogen-bond donors (Lipinski definition) is 1. The zero-order chi connectivity index (χ0) is 19.2. The number of nitrogens with one attached hydrogen (secondary N) is 1. The van der Waals surface area contributed by atoms with Gasteiger partial charge in [-0.15, -0.1) is 0 Å². The van der Waals surface area contributed by atoms with Gasteiger partial charge in [0.2, 0.25) is 0 Å². The summed E-state index contributed by atoms with van der Waals surface area (Å²) >= 11 is 0. The highest BCUT2D eigenvalue weighted by molar-refractivity contribution is 5.91. The molecule has 3 heterocycles. The molecule has 1 saturated heterocycles. The zero-order valence-corrected chi connectivity index (χ0v) is 15.3. The van der Waals surface area contributed by atoms with Gasteiger partial charge in [0.25, 0.3) is 0 Å². The lowest BCUT2D eigenvalue weighted by Crippen LogP contribution is -2.30. The predicted molar refractivity (Wildman–Crippen MR) is 99.9 cm³/mol. The second-order valence-corrected chi connectivity index (χ2v) is 7.17. The van der Waals surface area contributed by atoms with Crippen LogP contribution in [0.1, 0.15) is 36.2 Å². The lowest BCUT2D eigenvalue weighted by atomic mass is 10.0. The van der Waals surface area contributed by atoms with Gasteiger partial charge in [0.05, 0.1) is 11.1 Å². The quantitative estimate of drug-likeness (QED) is 0.666. The number of benzene rings is 1. The molecule has 27 heavy (non-hydrogen) atoms. The van der Waals surface area contributed by atoms with E-state index >= 15 is 0 Å². The van der Waals surface area contributed by atoms with E-state index in [0.29, 0.717) is 22.6 Å². The lowest BCUT2D eigenvalue weighted by Gasteiger charge is -2.28. The summed E-state index contributed by atoms with van der Waals surface area (Å²) in [6.07, 6.45) is -0.929. The molecule has 0 radical (unpaired) electrons. The molecular formula is C20H21F3N4. The number of piperidine rings is 1. The average Bonchev–Trinajstić information content (AvgIpc) is 3.04. The van der Waals surface area contributed by atoms with Crippen molar-refractivity contribution in [3.8, 4) is 11.3 Å². The highest BCUT2D eigenvalue weighted by atomic mass is 19.4. The van der Waals surface area contributed by atoms with Gasteiger partial charge in [0.1, 0.15) is 11.3 Å². The fourth-order valence-electron chi connectivity index (χ4n) is 3.70. The number of anilines is 1. The molecule has 0 saturated carbocycles. The van der Waals surface area contributed by atoms with E-state index in [4.69, 9.17) is 0 Å². The van der Waals surface area contributed by atoms with Crippen LogP contribution in [0.5, 0.6) is 0 Å². The number of nitrogens with zero attached hydrogens (tertiary/aromatic N) is 3. The molecule has 2 aromatic heterocycles. The van der Waals surface area contributed by atoms with Crippen molar-refractivity contribution in [2.24, 2.45) is 0 Å². The fourth-order valence-corrected chi connectivity index (χ4v) is 3.70. The van der Waals surface area contributed by atoms with Gasteiger partial charge in [-0.25, -0.2) is 9.97 Å². The van der Waals surface area contributed by atoms with Crippen molar-refractivity contribution in [2.75, 3.05) is 18.0 Å². The minimum atomic E-state index is -4.37.